The molecule has 5 heteroatoms. The fourth-order valence-corrected chi connectivity index (χ4v) is 2.87. The normalized spacial score (nSPS) is 10.3. The summed E-state index contributed by atoms with van der Waals surface area (Å²) >= 11 is 0. The third kappa shape index (κ3) is 4.64. The summed E-state index contributed by atoms with van der Waals surface area (Å²) in [5, 5.41) is 6.24. The zero-order valence-corrected chi connectivity index (χ0v) is 15.7. The molecule has 3 aromatic rings. The zero-order valence-electron chi connectivity index (χ0n) is 15.7. The smallest absolute Gasteiger partial charge is 0.253 e. The Balaban J connectivity index is 1.70. The summed E-state index contributed by atoms with van der Waals surface area (Å²) < 4.78 is 5.31. The number of aromatic nitrogens is 1. The number of carbonyl (C=O) groups is 1. The lowest BCUT2D eigenvalue weighted by molar-refractivity contribution is 0.0950. The van der Waals surface area contributed by atoms with Gasteiger partial charge < -0.3 is 15.4 Å². The van der Waals surface area contributed by atoms with Crippen molar-refractivity contribution < 1.29 is 9.53 Å². The molecular formula is C22H23N3O2. The molecule has 0 bridgehead atoms. The van der Waals surface area contributed by atoms with Gasteiger partial charge in [-0.3, -0.25) is 9.78 Å². The van der Waals surface area contributed by atoms with E-state index in [2.05, 4.69) is 28.6 Å². The van der Waals surface area contributed by atoms with Crippen LogP contribution in [-0.2, 0) is 6.54 Å². The van der Waals surface area contributed by atoms with Gasteiger partial charge in [0.05, 0.1) is 24.6 Å². The molecule has 0 spiro atoms. The van der Waals surface area contributed by atoms with Gasteiger partial charge in [0.1, 0.15) is 5.75 Å². The lowest BCUT2D eigenvalue weighted by Gasteiger charge is -2.12. The largest absolute Gasteiger partial charge is 0.496 e. The Morgan fingerprint density at radius 1 is 1.07 bits per heavy atom. The Hall–Kier alpha value is -3.34. The van der Waals surface area contributed by atoms with E-state index in [9.17, 15) is 4.79 Å². The van der Waals surface area contributed by atoms with Crippen molar-refractivity contribution in [2.45, 2.75) is 20.4 Å². The first-order valence-corrected chi connectivity index (χ1v) is 8.76. The van der Waals surface area contributed by atoms with Gasteiger partial charge in [-0.2, -0.15) is 0 Å². The van der Waals surface area contributed by atoms with Gasteiger partial charge in [0.2, 0.25) is 0 Å². The quantitative estimate of drug-likeness (QED) is 0.684. The number of carbonyl (C=O) groups excluding carboxylic acids is 1. The average molecular weight is 361 g/mol. The van der Waals surface area contributed by atoms with E-state index in [0.717, 1.165) is 28.3 Å². The van der Waals surface area contributed by atoms with Crippen LogP contribution in [0.15, 0.2) is 60.9 Å². The van der Waals surface area contributed by atoms with Crippen molar-refractivity contribution in [3.05, 3.63) is 83.2 Å². The van der Waals surface area contributed by atoms with Crippen molar-refractivity contribution in [3.8, 4) is 5.75 Å². The Morgan fingerprint density at radius 2 is 1.89 bits per heavy atom. The molecule has 0 aliphatic rings. The van der Waals surface area contributed by atoms with Crippen LogP contribution in [0.3, 0.4) is 0 Å². The second-order valence-corrected chi connectivity index (χ2v) is 6.40. The van der Waals surface area contributed by atoms with Gasteiger partial charge in [0.15, 0.2) is 0 Å². The van der Waals surface area contributed by atoms with E-state index in [4.69, 9.17) is 4.74 Å². The number of rotatable bonds is 6. The van der Waals surface area contributed by atoms with E-state index in [-0.39, 0.29) is 5.91 Å². The number of nitrogens with zero attached hydrogens (tertiary/aromatic N) is 1. The van der Waals surface area contributed by atoms with Crippen molar-refractivity contribution >= 4 is 17.3 Å². The van der Waals surface area contributed by atoms with E-state index >= 15 is 0 Å². The molecule has 0 radical (unpaired) electrons. The lowest BCUT2D eigenvalue weighted by atomic mass is 10.1. The summed E-state index contributed by atoms with van der Waals surface area (Å²) in [5.74, 6) is 0.568. The average Bonchev–Trinajstić information content (AvgIpc) is 2.68. The highest BCUT2D eigenvalue weighted by Gasteiger charge is 2.09. The number of pyridine rings is 1. The van der Waals surface area contributed by atoms with E-state index in [1.54, 1.807) is 25.6 Å². The number of amides is 1. The highest BCUT2D eigenvalue weighted by atomic mass is 16.5. The van der Waals surface area contributed by atoms with Crippen molar-refractivity contribution in [3.63, 3.8) is 0 Å². The maximum Gasteiger partial charge on any atom is 0.253 e. The maximum absolute atomic E-state index is 12.5. The van der Waals surface area contributed by atoms with Gasteiger partial charge in [-0.15, -0.1) is 0 Å². The summed E-state index contributed by atoms with van der Waals surface area (Å²) in [4.78, 5) is 16.7. The number of methoxy groups -OCH3 is 1. The van der Waals surface area contributed by atoms with Gasteiger partial charge in [0, 0.05) is 24.0 Å². The Bertz CT molecular complexity index is 954. The lowest BCUT2D eigenvalue weighted by Crippen LogP contribution is -2.23. The number of benzene rings is 2. The molecule has 0 aliphatic carbocycles. The third-order valence-electron chi connectivity index (χ3n) is 4.29. The van der Waals surface area contributed by atoms with Crippen LogP contribution in [0.5, 0.6) is 5.75 Å². The number of aryl methyl sites for hydroxylation is 2. The summed E-state index contributed by atoms with van der Waals surface area (Å²) in [6, 6.07) is 15.6. The highest BCUT2D eigenvalue weighted by molar-refractivity contribution is 5.94. The predicted octanol–water partition coefficient (Wildman–Crippen LogP) is 4.38. The van der Waals surface area contributed by atoms with E-state index in [1.807, 2.05) is 43.3 Å². The Labute approximate surface area is 159 Å². The summed E-state index contributed by atoms with van der Waals surface area (Å²) in [5.41, 5.74) is 5.54. The topological polar surface area (TPSA) is 63.2 Å². The molecule has 1 aromatic heterocycles. The van der Waals surface area contributed by atoms with E-state index < -0.39 is 0 Å². The fraction of sp³-hybridized carbons (Fsp3) is 0.182. The van der Waals surface area contributed by atoms with Gasteiger partial charge in [-0.25, -0.2) is 0 Å². The molecule has 1 amide bonds. The molecule has 0 aliphatic heterocycles. The molecular weight excluding hydrogens is 338 g/mol. The number of hydrogen-bond acceptors (Lipinski definition) is 4. The number of hydrogen-bond donors (Lipinski definition) is 2. The first-order chi connectivity index (χ1) is 13.1. The zero-order chi connectivity index (χ0) is 19.2. The monoisotopic (exact) mass is 361 g/mol. The van der Waals surface area contributed by atoms with Crippen molar-refractivity contribution in [2.75, 3.05) is 12.4 Å². The van der Waals surface area contributed by atoms with Crippen molar-refractivity contribution in [2.24, 2.45) is 0 Å². The van der Waals surface area contributed by atoms with Crippen molar-refractivity contribution in [1.29, 1.82) is 0 Å². The standard InChI is InChI=1S/C22H23N3O2/c1-15-8-9-20(16(2)10-15)25-19-11-18(12-23-14-19)22(26)24-13-17-6-4-5-7-21(17)27-3/h4-12,14,25H,13H2,1-3H3,(H,24,26). The first kappa shape index (κ1) is 18.5. The third-order valence-corrected chi connectivity index (χ3v) is 4.29. The number of para-hydroxylation sites is 1. The minimum absolute atomic E-state index is 0.183. The molecule has 1 heterocycles. The van der Waals surface area contributed by atoms with Crippen LogP contribution in [0.1, 0.15) is 27.0 Å². The second-order valence-electron chi connectivity index (χ2n) is 6.40. The number of ether oxygens (including phenoxy) is 1. The minimum Gasteiger partial charge on any atom is -0.496 e. The predicted molar refractivity (Wildman–Crippen MR) is 108 cm³/mol. The number of anilines is 2. The summed E-state index contributed by atoms with van der Waals surface area (Å²) in [7, 11) is 1.62. The molecule has 27 heavy (non-hydrogen) atoms. The van der Waals surface area contributed by atoms with Crippen LogP contribution in [0.2, 0.25) is 0 Å². The molecule has 0 unspecified atom stereocenters. The van der Waals surface area contributed by atoms with Crippen molar-refractivity contribution in [1.82, 2.24) is 10.3 Å². The van der Waals surface area contributed by atoms with E-state index in [0.29, 0.717) is 12.1 Å². The molecule has 2 N–H and O–H groups in total. The molecule has 3 rings (SSSR count). The number of nitrogens with one attached hydrogen (secondary N) is 2. The fourth-order valence-electron chi connectivity index (χ4n) is 2.87. The molecule has 2 aromatic carbocycles. The Kier molecular flexibility index (Phi) is 5.71. The van der Waals surface area contributed by atoms with Crippen LogP contribution < -0.4 is 15.4 Å². The van der Waals surface area contributed by atoms with Gasteiger partial charge in [-0.05, 0) is 37.6 Å². The van der Waals surface area contributed by atoms with Gasteiger partial charge in [0.25, 0.3) is 5.91 Å². The molecule has 0 fully saturated rings. The summed E-state index contributed by atoms with van der Waals surface area (Å²) in [6.45, 7) is 4.50. The highest BCUT2D eigenvalue weighted by Crippen LogP contribution is 2.22. The van der Waals surface area contributed by atoms with Crippen LogP contribution in [0.4, 0.5) is 11.4 Å². The van der Waals surface area contributed by atoms with Gasteiger partial charge >= 0.3 is 0 Å². The maximum atomic E-state index is 12.5. The first-order valence-electron chi connectivity index (χ1n) is 8.76. The van der Waals surface area contributed by atoms with Gasteiger partial charge in [-0.1, -0.05) is 35.9 Å². The van der Waals surface area contributed by atoms with E-state index in [1.165, 1.54) is 5.56 Å². The molecule has 138 valence electrons. The van der Waals surface area contributed by atoms with Crippen LogP contribution >= 0.6 is 0 Å². The molecule has 5 nitrogen and oxygen atoms in total. The van der Waals surface area contributed by atoms with Crippen LogP contribution in [-0.4, -0.2) is 18.0 Å². The Morgan fingerprint density at radius 3 is 2.67 bits per heavy atom. The SMILES string of the molecule is COc1ccccc1CNC(=O)c1cncc(Nc2ccc(C)cc2C)c1. The second kappa shape index (κ2) is 8.36. The van der Waals surface area contributed by atoms with Crippen LogP contribution in [0.25, 0.3) is 0 Å². The van der Waals surface area contributed by atoms with Crippen LogP contribution in [0, 0.1) is 13.8 Å². The minimum atomic E-state index is -0.183. The molecule has 0 saturated carbocycles. The summed E-state index contributed by atoms with van der Waals surface area (Å²) in [6.07, 6.45) is 3.26. The molecule has 0 atom stereocenters. The molecule has 0 saturated heterocycles.